The van der Waals surface area contributed by atoms with Crippen LogP contribution in [0.4, 0.5) is 0 Å². The van der Waals surface area contributed by atoms with Gasteiger partial charge in [0.25, 0.3) is 0 Å². The Morgan fingerprint density at radius 1 is 1.38 bits per heavy atom. The summed E-state index contributed by atoms with van der Waals surface area (Å²) in [6, 6.07) is 1.92. The lowest BCUT2D eigenvalue weighted by Gasteiger charge is -2.20. The molecule has 0 radical (unpaired) electrons. The quantitative estimate of drug-likeness (QED) is 0.486. The van der Waals surface area contributed by atoms with E-state index in [4.69, 9.17) is 5.26 Å². The van der Waals surface area contributed by atoms with Crippen molar-refractivity contribution in [3.05, 3.63) is 0 Å². The lowest BCUT2D eigenvalue weighted by molar-refractivity contribution is -0.131. The van der Waals surface area contributed by atoms with E-state index in [0.717, 1.165) is 32.0 Å². The molecule has 1 amide bonds. The molecule has 1 saturated heterocycles. The summed E-state index contributed by atoms with van der Waals surface area (Å²) in [6.07, 6.45) is 6.59. The van der Waals surface area contributed by atoms with Crippen LogP contribution in [0.5, 0.6) is 0 Å². The maximum absolute atomic E-state index is 11.4. The Labute approximate surface area is 96.2 Å². The number of carbonyl (C=O) groups is 2. The highest BCUT2D eigenvalue weighted by Gasteiger charge is 2.29. The molecule has 1 fully saturated rings. The second-order valence-corrected chi connectivity index (χ2v) is 4.15. The fraction of sp³-hybridized carbons (Fsp3) is 0.750. The Morgan fingerprint density at radius 3 is 2.81 bits per heavy atom. The van der Waals surface area contributed by atoms with E-state index in [0.29, 0.717) is 25.8 Å². The van der Waals surface area contributed by atoms with Crippen LogP contribution in [-0.4, -0.2) is 29.7 Å². The molecule has 0 spiro atoms. The van der Waals surface area contributed by atoms with E-state index < -0.39 is 0 Å². The summed E-state index contributed by atoms with van der Waals surface area (Å²) in [4.78, 5) is 23.8. The van der Waals surface area contributed by atoms with Gasteiger partial charge in [0.15, 0.2) is 0 Å². The Kier molecular flexibility index (Phi) is 5.55. The fourth-order valence-electron chi connectivity index (χ4n) is 2.03. The average molecular weight is 222 g/mol. The van der Waals surface area contributed by atoms with Crippen LogP contribution in [0.3, 0.4) is 0 Å². The van der Waals surface area contributed by atoms with Crippen LogP contribution in [-0.2, 0) is 9.59 Å². The number of nitriles is 1. The maximum atomic E-state index is 11.4. The van der Waals surface area contributed by atoms with Gasteiger partial charge in [0.2, 0.25) is 5.91 Å². The van der Waals surface area contributed by atoms with Crippen LogP contribution in [0, 0.1) is 11.3 Å². The van der Waals surface area contributed by atoms with Crippen molar-refractivity contribution in [1.29, 1.82) is 5.26 Å². The van der Waals surface area contributed by atoms with Crippen molar-refractivity contribution in [2.24, 2.45) is 0 Å². The number of rotatable bonds is 7. The minimum absolute atomic E-state index is 0.106. The molecule has 4 nitrogen and oxygen atoms in total. The van der Waals surface area contributed by atoms with E-state index in [-0.39, 0.29) is 11.9 Å². The maximum Gasteiger partial charge on any atom is 0.223 e. The Morgan fingerprint density at radius 2 is 2.12 bits per heavy atom. The van der Waals surface area contributed by atoms with Crippen LogP contribution in [0.1, 0.15) is 44.9 Å². The molecule has 16 heavy (non-hydrogen) atoms. The summed E-state index contributed by atoms with van der Waals surface area (Å²) in [5.74, 6) is 0.106. The normalized spacial score (nSPS) is 19.8. The first-order valence-corrected chi connectivity index (χ1v) is 5.91. The third-order valence-corrected chi connectivity index (χ3v) is 2.97. The third-order valence-electron chi connectivity index (χ3n) is 2.97. The number of carbonyl (C=O) groups excluding carboxylic acids is 2. The number of hydrogen-bond donors (Lipinski definition) is 0. The van der Waals surface area contributed by atoms with E-state index in [2.05, 4.69) is 6.07 Å². The van der Waals surface area contributed by atoms with E-state index in [1.54, 1.807) is 4.90 Å². The summed E-state index contributed by atoms with van der Waals surface area (Å²) < 4.78 is 0. The van der Waals surface area contributed by atoms with Crippen molar-refractivity contribution in [3.8, 4) is 6.07 Å². The van der Waals surface area contributed by atoms with Gasteiger partial charge in [-0.1, -0.05) is 12.8 Å². The predicted molar refractivity (Wildman–Crippen MR) is 59.5 cm³/mol. The van der Waals surface area contributed by atoms with Gasteiger partial charge in [0.05, 0.1) is 12.1 Å². The van der Waals surface area contributed by atoms with Crippen molar-refractivity contribution in [2.45, 2.75) is 51.0 Å². The molecule has 0 N–H and O–H groups in total. The molecule has 0 aliphatic carbocycles. The lowest BCUT2D eigenvalue weighted by atomic mass is 10.1. The van der Waals surface area contributed by atoms with Gasteiger partial charge in [-0.2, -0.15) is 5.26 Å². The molecular formula is C12H18N2O2. The van der Waals surface area contributed by atoms with E-state index in [1.165, 1.54) is 0 Å². The summed E-state index contributed by atoms with van der Waals surface area (Å²) in [5, 5.41) is 8.36. The van der Waals surface area contributed by atoms with Crippen molar-refractivity contribution >= 4 is 12.2 Å². The van der Waals surface area contributed by atoms with Crippen molar-refractivity contribution < 1.29 is 9.59 Å². The Bertz CT molecular complexity index is 283. The first-order chi connectivity index (χ1) is 7.79. The molecule has 0 aromatic carbocycles. The largest absolute Gasteiger partial charge is 0.333 e. The highest BCUT2D eigenvalue weighted by Crippen LogP contribution is 2.17. The Balaban J connectivity index is 2.14. The minimum Gasteiger partial charge on any atom is -0.333 e. The van der Waals surface area contributed by atoms with Crippen LogP contribution in [0.2, 0.25) is 0 Å². The minimum atomic E-state index is -0.188. The fourth-order valence-corrected chi connectivity index (χ4v) is 2.03. The number of amides is 1. The predicted octanol–water partition coefficient (Wildman–Crippen LogP) is 1.65. The second kappa shape index (κ2) is 7.00. The zero-order valence-electron chi connectivity index (χ0n) is 9.52. The summed E-state index contributed by atoms with van der Waals surface area (Å²) in [7, 11) is 0. The lowest BCUT2D eigenvalue weighted by Crippen LogP contribution is -2.34. The molecule has 1 aliphatic heterocycles. The summed E-state index contributed by atoms with van der Waals surface area (Å²) in [5.41, 5.74) is 0. The molecule has 0 aromatic heterocycles. The molecule has 0 unspecified atom stereocenters. The van der Waals surface area contributed by atoms with Gasteiger partial charge in [0, 0.05) is 19.4 Å². The van der Waals surface area contributed by atoms with E-state index in [9.17, 15) is 9.59 Å². The molecule has 1 aliphatic rings. The number of aldehydes is 1. The molecule has 1 rings (SSSR count). The van der Waals surface area contributed by atoms with Gasteiger partial charge >= 0.3 is 0 Å². The third kappa shape index (κ3) is 3.65. The molecular weight excluding hydrogens is 204 g/mol. The zero-order chi connectivity index (χ0) is 11.8. The highest BCUT2D eigenvalue weighted by molar-refractivity contribution is 5.83. The van der Waals surface area contributed by atoms with Gasteiger partial charge in [-0.3, -0.25) is 4.79 Å². The van der Waals surface area contributed by atoms with Crippen molar-refractivity contribution in [3.63, 3.8) is 0 Å². The molecule has 1 atom stereocenters. The molecule has 0 saturated carbocycles. The molecule has 4 heteroatoms. The first-order valence-electron chi connectivity index (χ1n) is 5.91. The molecule has 0 bridgehead atoms. The van der Waals surface area contributed by atoms with Crippen LogP contribution >= 0.6 is 0 Å². The average Bonchev–Trinajstić information content (AvgIpc) is 2.65. The van der Waals surface area contributed by atoms with Crippen molar-refractivity contribution in [1.82, 2.24) is 4.90 Å². The standard InChI is InChI=1S/C12H18N2O2/c13-8-4-2-1-3-5-9-14-11(10-15)6-7-12(14)16/h10-11H,1-7,9H2/t11-/m1/s1. The van der Waals surface area contributed by atoms with Gasteiger partial charge in [-0.25, -0.2) is 0 Å². The van der Waals surface area contributed by atoms with Gasteiger partial charge in [0.1, 0.15) is 6.29 Å². The smallest absolute Gasteiger partial charge is 0.223 e. The monoisotopic (exact) mass is 222 g/mol. The van der Waals surface area contributed by atoms with Crippen LogP contribution < -0.4 is 0 Å². The molecule has 0 aromatic rings. The molecule has 1 heterocycles. The SMILES string of the molecule is N#CCCCCCCN1C(=O)CC[C@@H]1C=O. The number of unbranched alkanes of at least 4 members (excludes halogenated alkanes) is 4. The number of hydrogen-bond acceptors (Lipinski definition) is 3. The zero-order valence-corrected chi connectivity index (χ0v) is 9.52. The first kappa shape index (κ1) is 12.7. The topological polar surface area (TPSA) is 61.2 Å². The summed E-state index contributed by atoms with van der Waals surface area (Å²) >= 11 is 0. The highest BCUT2D eigenvalue weighted by atomic mass is 16.2. The van der Waals surface area contributed by atoms with Crippen LogP contribution in [0.15, 0.2) is 0 Å². The van der Waals surface area contributed by atoms with Gasteiger partial charge in [-0.05, 0) is 19.3 Å². The van der Waals surface area contributed by atoms with Crippen LogP contribution in [0.25, 0.3) is 0 Å². The van der Waals surface area contributed by atoms with E-state index >= 15 is 0 Å². The van der Waals surface area contributed by atoms with Gasteiger partial charge in [-0.15, -0.1) is 0 Å². The molecule has 88 valence electrons. The summed E-state index contributed by atoms with van der Waals surface area (Å²) in [6.45, 7) is 0.689. The second-order valence-electron chi connectivity index (χ2n) is 4.15. The number of likely N-dealkylation sites (tertiary alicyclic amines) is 1. The van der Waals surface area contributed by atoms with Gasteiger partial charge < -0.3 is 9.69 Å². The van der Waals surface area contributed by atoms with E-state index in [1.807, 2.05) is 0 Å². The number of nitrogens with zero attached hydrogens (tertiary/aromatic N) is 2. The Hall–Kier alpha value is -1.37. The van der Waals surface area contributed by atoms with Crippen molar-refractivity contribution in [2.75, 3.05) is 6.54 Å².